The topological polar surface area (TPSA) is 0 Å². The van der Waals surface area contributed by atoms with Crippen molar-refractivity contribution in [3.63, 3.8) is 0 Å². The van der Waals surface area contributed by atoms with Crippen molar-refractivity contribution in [2.24, 2.45) is 0 Å². The molecule has 0 bridgehead atoms. The Kier molecular flexibility index (Phi) is 6.61. The molecule has 0 spiro atoms. The number of hydrogen-bond acceptors (Lipinski definition) is 0. The van der Waals surface area contributed by atoms with Crippen LogP contribution >= 0.6 is 0 Å². The fourth-order valence-electron chi connectivity index (χ4n) is 2.05. The van der Waals surface area contributed by atoms with Crippen LogP contribution in [-0.2, 0) is 0 Å². The summed E-state index contributed by atoms with van der Waals surface area (Å²) in [5.41, 5.74) is 0. The van der Waals surface area contributed by atoms with E-state index >= 15 is 0 Å². The lowest BCUT2D eigenvalue weighted by Gasteiger charge is -2.36. The van der Waals surface area contributed by atoms with Crippen molar-refractivity contribution in [1.29, 1.82) is 0 Å². The summed E-state index contributed by atoms with van der Waals surface area (Å²) in [6.45, 7) is 16.8. The maximum atomic E-state index is 3.84. The largest absolute Gasteiger partial charge is 0.317 e. The average molecular weight is 182 g/mol. The molecule has 0 aromatic heterocycles. The molecular weight excluding hydrogens is 158 g/mol. The Balaban J connectivity index is 4.35. The summed E-state index contributed by atoms with van der Waals surface area (Å²) in [7, 11) is 0. The zero-order valence-electron chi connectivity index (χ0n) is 9.26. The summed E-state index contributed by atoms with van der Waals surface area (Å²) >= 11 is 0. The minimum atomic E-state index is 1.08. The van der Waals surface area contributed by atoms with Crippen LogP contribution in [0.25, 0.3) is 0 Å². The van der Waals surface area contributed by atoms with E-state index in [1.165, 1.54) is 25.9 Å². The second-order valence-electron chi connectivity index (χ2n) is 3.73. The van der Waals surface area contributed by atoms with Gasteiger partial charge in [-0.15, -0.1) is 0 Å². The van der Waals surface area contributed by atoms with Gasteiger partial charge < -0.3 is 4.48 Å². The predicted molar refractivity (Wildman–Crippen MR) is 60.7 cm³/mol. The van der Waals surface area contributed by atoms with Crippen LogP contribution in [-0.4, -0.2) is 30.7 Å². The van der Waals surface area contributed by atoms with E-state index < -0.39 is 0 Å². The second-order valence-corrected chi connectivity index (χ2v) is 3.73. The van der Waals surface area contributed by atoms with Crippen LogP contribution in [0.1, 0.15) is 26.7 Å². The Hall–Kier alpha value is -0.560. The molecule has 0 rings (SSSR count). The molecule has 0 unspecified atom stereocenters. The molecule has 0 atom stereocenters. The Labute approximate surface area is 83.3 Å². The van der Waals surface area contributed by atoms with E-state index in [1.807, 2.05) is 12.2 Å². The molecule has 0 amide bonds. The summed E-state index contributed by atoms with van der Waals surface area (Å²) in [5.74, 6) is 0. The van der Waals surface area contributed by atoms with Crippen molar-refractivity contribution in [3.8, 4) is 0 Å². The van der Waals surface area contributed by atoms with Gasteiger partial charge in [0.25, 0.3) is 0 Å². The molecule has 0 radical (unpaired) electrons. The minimum absolute atomic E-state index is 1.08. The third-order valence-corrected chi connectivity index (χ3v) is 2.43. The van der Waals surface area contributed by atoms with E-state index in [2.05, 4.69) is 27.0 Å². The van der Waals surface area contributed by atoms with Crippen LogP contribution in [0.15, 0.2) is 25.3 Å². The smallest absolute Gasteiger partial charge is 0.0973 e. The molecule has 0 aliphatic heterocycles. The Morgan fingerprint density at radius 1 is 0.923 bits per heavy atom. The van der Waals surface area contributed by atoms with Gasteiger partial charge in [-0.25, -0.2) is 0 Å². The third-order valence-electron chi connectivity index (χ3n) is 2.43. The SMILES string of the molecule is C=CC[N+](CC=C)(CCC)CCC. The monoisotopic (exact) mass is 182 g/mol. The zero-order valence-corrected chi connectivity index (χ0v) is 9.26. The van der Waals surface area contributed by atoms with Crippen LogP contribution in [0.4, 0.5) is 0 Å². The van der Waals surface area contributed by atoms with E-state index in [4.69, 9.17) is 0 Å². The average Bonchev–Trinajstić information content (AvgIpc) is 2.06. The van der Waals surface area contributed by atoms with Crippen molar-refractivity contribution in [2.75, 3.05) is 26.2 Å². The van der Waals surface area contributed by atoms with Gasteiger partial charge in [-0.1, -0.05) is 27.0 Å². The number of quaternary nitrogens is 1. The quantitative estimate of drug-likeness (QED) is 0.400. The van der Waals surface area contributed by atoms with Crippen molar-refractivity contribution in [2.45, 2.75) is 26.7 Å². The molecule has 1 nitrogen and oxygen atoms in total. The molecule has 1 heteroatoms. The fraction of sp³-hybridized carbons (Fsp3) is 0.667. The summed E-state index contributed by atoms with van der Waals surface area (Å²) in [6, 6.07) is 0. The van der Waals surface area contributed by atoms with Crippen LogP contribution < -0.4 is 0 Å². The standard InChI is InChI=1S/C12H24N/c1-5-9-13(10-6-2,11-7-3)12-8-4/h5-6H,1-2,7-12H2,3-4H3/q+1. The van der Waals surface area contributed by atoms with Crippen molar-refractivity contribution in [1.82, 2.24) is 0 Å². The molecule has 0 aromatic carbocycles. The first-order valence-electron chi connectivity index (χ1n) is 5.31. The highest BCUT2D eigenvalue weighted by atomic mass is 15.3. The number of hydrogen-bond donors (Lipinski definition) is 0. The van der Waals surface area contributed by atoms with Gasteiger partial charge in [0.15, 0.2) is 0 Å². The van der Waals surface area contributed by atoms with Crippen molar-refractivity contribution >= 4 is 0 Å². The van der Waals surface area contributed by atoms with Crippen molar-refractivity contribution in [3.05, 3.63) is 25.3 Å². The maximum Gasteiger partial charge on any atom is 0.0973 e. The van der Waals surface area contributed by atoms with Gasteiger partial charge in [0.1, 0.15) is 0 Å². The highest BCUT2D eigenvalue weighted by molar-refractivity contribution is 4.71. The molecule has 0 aliphatic rings. The van der Waals surface area contributed by atoms with Gasteiger partial charge in [-0.05, 0) is 25.0 Å². The van der Waals surface area contributed by atoms with Gasteiger partial charge in [0.2, 0.25) is 0 Å². The maximum absolute atomic E-state index is 3.84. The summed E-state index contributed by atoms with van der Waals surface area (Å²) in [6.07, 6.45) is 6.55. The Morgan fingerprint density at radius 3 is 1.54 bits per heavy atom. The normalized spacial score (nSPS) is 11.2. The van der Waals surface area contributed by atoms with E-state index in [0.29, 0.717) is 0 Å². The molecule has 0 N–H and O–H groups in total. The molecule has 76 valence electrons. The molecule has 0 saturated carbocycles. The lowest BCUT2D eigenvalue weighted by Crippen LogP contribution is -2.49. The van der Waals surface area contributed by atoms with Crippen LogP contribution in [0.3, 0.4) is 0 Å². The van der Waals surface area contributed by atoms with Gasteiger partial charge >= 0.3 is 0 Å². The van der Waals surface area contributed by atoms with E-state index in [0.717, 1.165) is 17.6 Å². The number of nitrogens with zero attached hydrogens (tertiary/aromatic N) is 1. The zero-order chi connectivity index (χ0) is 10.2. The van der Waals surface area contributed by atoms with E-state index in [-0.39, 0.29) is 0 Å². The molecule has 0 heterocycles. The highest BCUT2D eigenvalue weighted by Gasteiger charge is 2.21. The lowest BCUT2D eigenvalue weighted by atomic mass is 10.2. The number of rotatable bonds is 8. The van der Waals surface area contributed by atoms with Gasteiger partial charge in [-0.2, -0.15) is 0 Å². The fourth-order valence-corrected chi connectivity index (χ4v) is 2.05. The first-order chi connectivity index (χ1) is 6.24. The van der Waals surface area contributed by atoms with E-state index in [9.17, 15) is 0 Å². The summed E-state index contributed by atoms with van der Waals surface area (Å²) in [4.78, 5) is 0. The van der Waals surface area contributed by atoms with Gasteiger partial charge in [-0.3, -0.25) is 0 Å². The first kappa shape index (κ1) is 12.4. The predicted octanol–water partition coefficient (Wildman–Crippen LogP) is 3.00. The molecule has 0 aromatic rings. The molecular formula is C12H24N+. The van der Waals surface area contributed by atoms with Crippen LogP contribution in [0, 0.1) is 0 Å². The van der Waals surface area contributed by atoms with Gasteiger partial charge in [0, 0.05) is 0 Å². The first-order valence-corrected chi connectivity index (χ1v) is 5.31. The second kappa shape index (κ2) is 6.90. The summed E-state index contributed by atoms with van der Waals surface area (Å²) < 4.78 is 1.14. The lowest BCUT2D eigenvalue weighted by molar-refractivity contribution is -0.917. The molecule has 0 aliphatic carbocycles. The minimum Gasteiger partial charge on any atom is -0.317 e. The van der Waals surface area contributed by atoms with Crippen LogP contribution in [0.5, 0.6) is 0 Å². The highest BCUT2D eigenvalue weighted by Crippen LogP contribution is 2.10. The molecule has 0 saturated heterocycles. The Morgan fingerprint density at radius 2 is 1.31 bits per heavy atom. The molecule has 0 fully saturated rings. The van der Waals surface area contributed by atoms with Crippen LogP contribution in [0.2, 0.25) is 0 Å². The van der Waals surface area contributed by atoms with Crippen molar-refractivity contribution < 1.29 is 4.48 Å². The van der Waals surface area contributed by atoms with E-state index in [1.54, 1.807) is 0 Å². The van der Waals surface area contributed by atoms with Gasteiger partial charge in [0.05, 0.1) is 26.2 Å². The Bertz CT molecular complexity index is 131. The summed E-state index contributed by atoms with van der Waals surface area (Å²) in [5, 5.41) is 0. The third kappa shape index (κ3) is 4.28. The molecule has 13 heavy (non-hydrogen) atoms.